The molecule has 0 fully saturated rings. The van der Waals surface area contributed by atoms with Gasteiger partial charge in [0.05, 0.1) is 17.8 Å². The van der Waals surface area contributed by atoms with Crippen LogP contribution in [0.3, 0.4) is 0 Å². The molecule has 0 aliphatic rings. The number of rotatable bonds is 8. The van der Waals surface area contributed by atoms with Crippen molar-refractivity contribution in [2.45, 2.75) is 33.2 Å². The van der Waals surface area contributed by atoms with E-state index in [0.717, 1.165) is 31.6 Å². The Morgan fingerprint density at radius 2 is 1.78 bits per heavy atom. The number of nitrogens with one attached hydrogen (secondary N) is 1. The number of carbonyl (C=O) groups excluding carboxylic acids is 1. The molecule has 0 atom stereocenters. The van der Waals surface area contributed by atoms with E-state index in [2.05, 4.69) is 39.0 Å². The summed E-state index contributed by atoms with van der Waals surface area (Å²) in [6, 6.07) is 5.60. The third-order valence-corrected chi connectivity index (χ3v) is 3.33. The van der Waals surface area contributed by atoms with Crippen LogP contribution in [0.2, 0.25) is 0 Å². The second kappa shape index (κ2) is 8.82. The predicted molar refractivity (Wildman–Crippen MR) is 90.2 cm³/mol. The Morgan fingerprint density at radius 3 is 2.35 bits per heavy atom. The summed E-state index contributed by atoms with van der Waals surface area (Å²) in [5, 5.41) is 2.82. The molecule has 0 aromatic carbocycles. The second-order valence-corrected chi connectivity index (χ2v) is 5.26. The molecule has 23 heavy (non-hydrogen) atoms. The van der Waals surface area contributed by atoms with E-state index < -0.39 is 0 Å². The lowest BCUT2D eigenvalue weighted by atomic mass is 10.3. The summed E-state index contributed by atoms with van der Waals surface area (Å²) < 4.78 is 0. The van der Waals surface area contributed by atoms with Crippen molar-refractivity contribution < 1.29 is 4.79 Å². The molecule has 0 aliphatic carbocycles. The number of anilines is 1. The van der Waals surface area contributed by atoms with Gasteiger partial charge in [-0.2, -0.15) is 0 Å². The number of aromatic nitrogens is 3. The summed E-state index contributed by atoms with van der Waals surface area (Å²) >= 11 is 0. The zero-order chi connectivity index (χ0) is 16.5. The monoisotopic (exact) mass is 313 g/mol. The van der Waals surface area contributed by atoms with Crippen LogP contribution >= 0.6 is 0 Å². The van der Waals surface area contributed by atoms with Crippen molar-refractivity contribution in [1.82, 2.24) is 20.3 Å². The lowest BCUT2D eigenvalue weighted by molar-refractivity contribution is 0.0949. The normalized spacial score (nSPS) is 10.3. The molecule has 0 radical (unpaired) electrons. The van der Waals surface area contributed by atoms with Gasteiger partial charge in [-0.25, -0.2) is 9.97 Å². The van der Waals surface area contributed by atoms with E-state index in [9.17, 15) is 4.79 Å². The minimum Gasteiger partial charge on any atom is -0.346 e. The molecule has 2 aromatic heterocycles. The number of amides is 1. The molecule has 122 valence electrons. The van der Waals surface area contributed by atoms with Gasteiger partial charge in [-0.3, -0.25) is 9.78 Å². The Balaban J connectivity index is 1.96. The highest BCUT2D eigenvalue weighted by molar-refractivity contribution is 5.93. The van der Waals surface area contributed by atoms with E-state index in [0.29, 0.717) is 18.1 Å². The Morgan fingerprint density at radius 1 is 1.09 bits per heavy atom. The van der Waals surface area contributed by atoms with E-state index in [1.807, 2.05) is 18.2 Å². The Kier molecular flexibility index (Phi) is 6.47. The standard InChI is InChI=1S/C17H23N5O/c1-3-9-22(10-4-2)17-20-11-14(12-21-17)16(23)19-13-15-7-5-6-8-18-15/h5-8,11-12H,3-4,9-10,13H2,1-2H3,(H,19,23). The molecule has 2 aromatic rings. The number of hydrogen-bond acceptors (Lipinski definition) is 5. The third-order valence-electron chi connectivity index (χ3n) is 3.33. The summed E-state index contributed by atoms with van der Waals surface area (Å²) in [5.41, 5.74) is 1.27. The molecule has 1 N–H and O–H groups in total. The van der Waals surface area contributed by atoms with Crippen molar-refractivity contribution in [3.05, 3.63) is 48.0 Å². The van der Waals surface area contributed by atoms with Gasteiger partial charge in [-0.1, -0.05) is 19.9 Å². The first kappa shape index (κ1) is 16.9. The first-order valence-corrected chi connectivity index (χ1v) is 7.99. The lowest BCUT2D eigenvalue weighted by Crippen LogP contribution is -2.28. The van der Waals surface area contributed by atoms with Gasteiger partial charge in [0.1, 0.15) is 0 Å². The van der Waals surface area contributed by atoms with Gasteiger partial charge < -0.3 is 10.2 Å². The van der Waals surface area contributed by atoms with Crippen LogP contribution in [-0.2, 0) is 6.54 Å². The Labute approximate surface area is 137 Å². The molecular weight excluding hydrogens is 290 g/mol. The zero-order valence-corrected chi connectivity index (χ0v) is 13.7. The fourth-order valence-electron chi connectivity index (χ4n) is 2.23. The topological polar surface area (TPSA) is 71.0 Å². The average Bonchev–Trinajstić information content (AvgIpc) is 2.60. The van der Waals surface area contributed by atoms with Gasteiger partial charge in [-0.15, -0.1) is 0 Å². The molecule has 2 rings (SSSR count). The SMILES string of the molecule is CCCN(CCC)c1ncc(C(=O)NCc2ccccn2)cn1. The summed E-state index contributed by atoms with van der Waals surface area (Å²) in [5.74, 6) is 0.481. The second-order valence-electron chi connectivity index (χ2n) is 5.26. The fraction of sp³-hybridized carbons (Fsp3) is 0.412. The predicted octanol–water partition coefficient (Wildman–Crippen LogP) is 2.43. The molecule has 0 spiro atoms. The van der Waals surface area contributed by atoms with Gasteiger partial charge in [-0.05, 0) is 25.0 Å². The lowest BCUT2D eigenvalue weighted by Gasteiger charge is -2.21. The van der Waals surface area contributed by atoms with Crippen molar-refractivity contribution in [2.75, 3.05) is 18.0 Å². The summed E-state index contributed by atoms with van der Waals surface area (Å²) in [6.45, 7) is 6.47. The number of carbonyl (C=O) groups is 1. The molecule has 0 aliphatic heterocycles. The molecule has 0 bridgehead atoms. The molecule has 0 saturated carbocycles. The third kappa shape index (κ3) is 5.02. The molecule has 1 amide bonds. The molecule has 6 heteroatoms. The van der Waals surface area contributed by atoms with Crippen molar-refractivity contribution in [1.29, 1.82) is 0 Å². The maximum atomic E-state index is 12.1. The smallest absolute Gasteiger partial charge is 0.254 e. The molecule has 6 nitrogen and oxygen atoms in total. The van der Waals surface area contributed by atoms with Gasteiger partial charge >= 0.3 is 0 Å². The van der Waals surface area contributed by atoms with E-state index in [1.165, 1.54) is 0 Å². The minimum absolute atomic E-state index is 0.195. The maximum absolute atomic E-state index is 12.1. The highest BCUT2D eigenvalue weighted by atomic mass is 16.1. The van der Waals surface area contributed by atoms with Gasteiger partial charge in [0.2, 0.25) is 5.95 Å². The summed E-state index contributed by atoms with van der Waals surface area (Å²) in [4.78, 5) is 27.1. The highest BCUT2D eigenvalue weighted by Crippen LogP contribution is 2.09. The summed E-state index contributed by atoms with van der Waals surface area (Å²) in [7, 11) is 0. The van der Waals surface area contributed by atoms with Crippen LogP contribution in [0.25, 0.3) is 0 Å². The van der Waals surface area contributed by atoms with E-state index in [-0.39, 0.29) is 5.91 Å². The Bertz CT molecular complexity index is 594. The molecule has 0 saturated heterocycles. The molecule has 0 unspecified atom stereocenters. The van der Waals surface area contributed by atoms with Crippen molar-refractivity contribution in [3.63, 3.8) is 0 Å². The van der Waals surface area contributed by atoms with Crippen molar-refractivity contribution in [2.24, 2.45) is 0 Å². The van der Waals surface area contributed by atoms with Gasteiger partial charge in [0.15, 0.2) is 0 Å². The first-order chi connectivity index (χ1) is 11.2. The van der Waals surface area contributed by atoms with E-state index in [4.69, 9.17) is 0 Å². The molecule has 2 heterocycles. The number of pyridine rings is 1. The van der Waals surface area contributed by atoms with Crippen LogP contribution < -0.4 is 10.2 Å². The number of hydrogen-bond donors (Lipinski definition) is 1. The maximum Gasteiger partial charge on any atom is 0.254 e. The fourth-order valence-corrected chi connectivity index (χ4v) is 2.23. The van der Waals surface area contributed by atoms with E-state index >= 15 is 0 Å². The number of nitrogens with zero attached hydrogens (tertiary/aromatic N) is 4. The first-order valence-electron chi connectivity index (χ1n) is 7.99. The van der Waals surface area contributed by atoms with Crippen LogP contribution in [0.15, 0.2) is 36.8 Å². The van der Waals surface area contributed by atoms with E-state index in [1.54, 1.807) is 18.6 Å². The quantitative estimate of drug-likeness (QED) is 0.810. The zero-order valence-electron chi connectivity index (χ0n) is 13.7. The van der Waals surface area contributed by atoms with Crippen LogP contribution in [0.4, 0.5) is 5.95 Å². The van der Waals surface area contributed by atoms with Crippen molar-refractivity contribution in [3.8, 4) is 0 Å². The average molecular weight is 313 g/mol. The minimum atomic E-state index is -0.195. The van der Waals surface area contributed by atoms with Crippen molar-refractivity contribution >= 4 is 11.9 Å². The largest absolute Gasteiger partial charge is 0.346 e. The van der Waals surface area contributed by atoms with Crippen LogP contribution in [-0.4, -0.2) is 33.9 Å². The van der Waals surface area contributed by atoms with Crippen LogP contribution in [0.1, 0.15) is 42.7 Å². The molecular formula is C17H23N5O. The highest BCUT2D eigenvalue weighted by Gasteiger charge is 2.11. The van der Waals surface area contributed by atoms with Crippen LogP contribution in [0, 0.1) is 0 Å². The van der Waals surface area contributed by atoms with Gasteiger partial charge in [0.25, 0.3) is 5.91 Å². The van der Waals surface area contributed by atoms with Crippen LogP contribution in [0.5, 0.6) is 0 Å². The Hall–Kier alpha value is -2.50. The summed E-state index contributed by atoms with van der Waals surface area (Å²) in [6.07, 6.45) is 6.93. The van der Waals surface area contributed by atoms with Gasteiger partial charge in [0, 0.05) is 31.7 Å².